The van der Waals surface area contributed by atoms with Crippen molar-refractivity contribution >= 4 is 11.6 Å². The molecule has 3 atom stereocenters. The highest BCUT2D eigenvalue weighted by atomic mass is 16.2. The minimum Gasteiger partial charge on any atom is -0.340 e. The summed E-state index contributed by atoms with van der Waals surface area (Å²) in [5, 5.41) is 20.1. The molecule has 0 aliphatic carbocycles. The summed E-state index contributed by atoms with van der Waals surface area (Å²) in [7, 11) is 0. The van der Waals surface area contributed by atoms with E-state index in [0.717, 1.165) is 37.3 Å². The van der Waals surface area contributed by atoms with Crippen LogP contribution in [0.15, 0.2) is 30.7 Å². The Bertz CT molecular complexity index is 905. The molecule has 0 radical (unpaired) electrons. The molecule has 0 aromatic carbocycles. The fourth-order valence-corrected chi connectivity index (χ4v) is 3.85. The average molecular weight is 368 g/mol. The fraction of sp³-hybridized carbons (Fsp3) is 0.556. The van der Waals surface area contributed by atoms with Gasteiger partial charge in [0.25, 0.3) is 0 Å². The summed E-state index contributed by atoms with van der Waals surface area (Å²) in [6, 6.07) is 5.49. The van der Waals surface area contributed by atoms with Gasteiger partial charge < -0.3 is 4.90 Å². The third kappa shape index (κ3) is 3.29. The zero-order valence-corrected chi connectivity index (χ0v) is 15.6. The Labute approximate surface area is 157 Å². The number of likely N-dealkylation sites (tertiary alicyclic amines) is 1. The molecule has 1 fully saturated rings. The molecule has 27 heavy (non-hydrogen) atoms. The van der Waals surface area contributed by atoms with E-state index >= 15 is 0 Å². The van der Waals surface area contributed by atoms with Crippen LogP contribution in [0.2, 0.25) is 0 Å². The number of amides is 1. The first-order chi connectivity index (χ1) is 13.2. The summed E-state index contributed by atoms with van der Waals surface area (Å²) in [4.78, 5) is 15.3. The Morgan fingerprint density at radius 2 is 2.22 bits per heavy atom. The topological polar surface area (TPSA) is 94.1 Å². The molecule has 9 heteroatoms. The van der Waals surface area contributed by atoms with E-state index in [-0.39, 0.29) is 23.8 Å². The number of pyridine rings is 1. The highest BCUT2D eigenvalue weighted by Gasteiger charge is 2.35. The van der Waals surface area contributed by atoms with Crippen molar-refractivity contribution < 1.29 is 4.79 Å². The Kier molecular flexibility index (Phi) is 4.83. The smallest absolute Gasteiger partial charge is 0.247 e. The largest absolute Gasteiger partial charge is 0.340 e. The normalized spacial score (nSPS) is 19.9. The van der Waals surface area contributed by atoms with Crippen LogP contribution in [0.3, 0.4) is 0 Å². The molecule has 0 saturated carbocycles. The zero-order valence-electron chi connectivity index (χ0n) is 15.6. The van der Waals surface area contributed by atoms with Crippen LogP contribution in [0.4, 0.5) is 0 Å². The molecule has 9 nitrogen and oxygen atoms in total. The lowest BCUT2D eigenvalue weighted by atomic mass is 9.93. The monoisotopic (exact) mass is 368 g/mol. The summed E-state index contributed by atoms with van der Waals surface area (Å²) >= 11 is 0. The summed E-state index contributed by atoms with van der Waals surface area (Å²) in [6.45, 7) is 5.54. The lowest BCUT2D eigenvalue weighted by molar-refractivity contribution is -0.138. The van der Waals surface area contributed by atoms with E-state index in [1.54, 1.807) is 4.68 Å². The van der Waals surface area contributed by atoms with Gasteiger partial charge in [0.2, 0.25) is 5.91 Å². The van der Waals surface area contributed by atoms with Gasteiger partial charge in [0.15, 0.2) is 5.65 Å². The van der Waals surface area contributed by atoms with Crippen molar-refractivity contribution in [2.75, 3.05) is 13.1 Å². The Balaban J connectivity index is 1.57. The van der Waals surface area contributed by atoms with Gasteiger partial charge in [-0.1, -0.05) is 26.3 Å². The highest BCUT2D eigenvalue weighted by molar-refractivity contribution is 5.80. The van der Waals surface area contributed by atoms with Gasteiger partial charge in [-0.2, -0.15) is 0 Å². The second-order valence-electron chi connectivity index (χ2n) is 7.23. The van der Waals surface area contributed by atoms with Crippen molar-refractivity contribution in [2.45, 2.75) is 45.1 Å². The van der Waals surface area contributed by atoms with Gasteiger partial charge in [-0.25, -0.2) is 4.68 Å². The summed E-state index contributed by atoms with van der Waals surface area (Å²) in [5.41, 5.74) is 0.835. The van der Waals surface area contributed by atoms with Crippen molar-refractivity contribution in [3.05, 3.63) is 36.5 Å². The summed E-state index contributed by atoms with van der Waals surface area (Å²) < 4.78 is 3.61. The van der Waals surface area contributed by atoms with Crippen molar-refractivity contribution in [3.8, 4) is 0 Å². The minimum atomic E-state index is -0.376. The molecule has 1 saturated heterocycles. The molecule has 1 aliphatic heterocycles. The summed E-state index contributed by atoms with van der Waals surface area (Å²) in [5.74, 6) is 1.32. The highest BCUT2D eigenvalue weighted by Crippen LogP contribution is 2.29. The SMILES string of the molecule is CCC(C)C(C(=O)N1CCCC(c2nnc3ccccn23)C1)n1cnnn1. The second kappa shape index (κ2) is 7.42. The number of carbonyl (C=O) groups is 1. The lowest BCUT2D eigenvalue weighted by Gasteiger charge is -2.35. The molecule has 1 amide bonds. The number of piperidine rings is 1. The van der Waals surface area contributed by atoms with Gasteiger partial charge in [-0.15, -0.1) is 15.3 Å². The van der Waals surface area contributed by atoms with Crippen molar-refractivity contribution in [3.63, 3.8) is 0 Å². The Morgan fingerprint density at radius 1 is 1.33 bits per heavy atom. The van der Waals surface area contributed by atoms with Crippen LogP contribution in [0.1, 0.15) is 50.9 Å². The first-order valence-electron chi connectivity index (χ1n) is 9.50. The van der Waals surface area contributed by atoms with E-state index in [4.69, 9.17) is 0 Å². The molecule has 0 spiro atoms. The van der Waals surface area contributed by atoms with E-state index in [1.807, 2.05) is 33.7 Å². The van der Waals surface area contributed by atoms with Crippen LogP contribution < -0.4 is 0 Å². The molecule has 3 unspecified atom stereocenters. The third-order valence-electron chi connectivity index (χ3n) is 5.52. The number of fused-ring (bicyclic) bond motifs is 1. The van der Waals surface area contributed by atoms with Crippen LogP contribution in [-0.4, -0.2) is 58.7 Å². The first kappa shape index (κ1) is 17.6. The summed E-state index contributed by atoms with van der Waals surface area (Å²) in [6.07, 6.45) is 6.33. The molecular weight excluding hydrogens is 344 g/mol. The number of hydrogen-bond acceptors (Lipinski definition) is 6. The van der Waals surface area contributed by atoms with Crippen molar-refractivity contribution in [2.24, 2.45) is 5.92 Å². The number of carbonyl (C=O) groups excluding carboxylic acids is 1. The molecule has 4 heterocycles. The van der Waals surface area contributed by atoms with Crippen LogP contribution in [0.5, 0.6) is 0 Å². The number of tetrazole rings is 1. The van der Waals surface area contributed by atoms with Gasteiger partial charge >= 0.3 is 0 Å². The molecule has 3 aromatic heterocycles. The first-order valence-corrected chi connectivity index (χ1v) is 9.50. The minimum absolute atomic E-state index is 0.0789. The van der Waals surface area contributed by atoms with Gasteiger partial charge in [0.1, 0.15) is 18.2 Å². The number of aromatic nitrogens is 7. The second-order valence-corrected chi connectivity index (χ2v) is 7.23. The Hall–Kier alpha value is -2.84. The fourth-order valence-electron chi connectivity index (χ4n) is 3.85. The van der Waals surface area contributed by atoms with Gasteiger partial charge in [-0.05, 0) is 41.3 Å². The lowest BCUT2D eigenvalue weighted by Crippen LogP contribution is -2.45. The van der Waals surface area contributed by atoms with Gasteiger partial charge in [0.05, 0.1) is 0 Å². The van der Waals surface area contributed by atoms with Crippen LogP contribution in [0.25, 0.3) is 5.65 Å². The van der Waals surface area contributed by atoms with E-state index in [0.29, 0.717) is 6.54 Å². The Morgan fingerprint density at radius 3 is 3.00 bits per heavy atom. The van der Waals surface area contributed by atoms with E-state index in [2.05, 4.69) is 39.6 Å². The van der Waals surface area contributed by atoms with Crippen molar-refractivity contribution in [1.29, 1.82) is 0 Å². The quantitative estimate of drug-likeness (QED) is 0.680. The van der Waals surface area contributed by atoms with Crippen LogP contribution >= 0.6 is 0 Å². The van der Waals surface area contributed by atoms with Crippen molar-refractivity contribution in [1.82, 2.24) is 39.7 Å². The average Bonchev–Trinajstić information content (AvgIpc) is 3.38. The molecule has 142 valence electrons. The molecular formula is C18H24N8O. The third-order valence-corrected chi connectivity index (χ3v) is 5.52. The number of rotatable bonds is 5. The van der Waals surface area contributed by atoms with E-state index in [9.17, 15) is 4.79 Å². The van der Waals surface area contributed by atoms with Crippen LogP contribution in [0, 0.1) is 5.92 Å². The van der Waals surface area contributed by atoms with E-state index < -0.39 is 0 Å². The molecule has 0 bridgehead atoms. The zero-order chi connectivity index (χ0) is 18.8. The standard InChI is InChI=1S/C18H24N8O/c1-3-13(2)16(26-12-19-22-23-26)18(27)24-9-6-7-14(11-24)17-21-20-15-8-4-5-10-25(15)17/h4-5,8,10,12-14,16H,3,6-7,9,11H2,1-2H3. The molecule has 4 rings (SSSR count). The number of hydrogen-bond donors (Lipinski definition) is 0. The molecule has 0 N–H and O–H groups in total. The predicted molar refractivity (Wildman–Crippen MR) is 97.9 cm³/mol. The van der Waals surface area contributed by atoms with E-state index in [1.165, 1.54) is 6.33 Å². The maximum absolute atomic E-state index is 13.3. The predicted octanol–water partition coefficient (Wildman–Crippen LogP) is 1.71. The number of nitrogens with zero attached hydrogens (tertiary/aromatic N) is 8. The molecule has 3 aromatic rings. The maximum Gasteiger partial charge on any atom is 0.247 e. The maximum atomic E-state index is 13.3. The molecule has 1 aliphatic rings. The van der Waals surface area contributed by atoms with Crippen LogP contribution in [-0.2, 0) is 4.79 Å². The van der Waals surface area contributed by atoms with Gasteiger partial charge in [-0.3, -0.25) is 9.20 Å². The van der Waals surface area contributed by atoms with Gasteiger partial charge in [0, 0.05) is 25.2 Å².